The molecule has 2 aliphatic rings. The lowest BCUT2D eigenvalue weighted by Gasteiger charge is -2.33. The molecule has 1 aromatic rings. The highest BCUT2D eigenvalue weighted by Gasteiger charge is 2.22. The lowest BCUT2D eigenvalue weighted by atomic mass is 10.2. The fraction of sp³-hybridized carbons (Fsp3) is 0.571. The molecule has 0 aromatic heterocycles. The second-order valence-corrected chi connectivity index (χ2v) is 5.36. The van der Waals surface area contributed by atoms with Crippen LogP contribution in [-0.2, 0) is 0 Å². The lowest BCUT2D eigenvalue weighted by Crippen LogP contribution is -2.44. The molecule has 2 aliphatic heterocycles. The Morgan fingerprint density at radius 1 is 1.00 bits per heavy atom. The van der Waals surface area contributed by atoms with Crippen LogP contribution in [0, 0.1) is 10.1 Å². The van der Waals surface area contributed by atoms with Crippen LogP contribution in [-0.4, -0.2) is 44.2 Å². The van der Waals surface area contributed by atoms with E-state index in [0.29, 0.717) is 0 Å². The molecule has 0 bridgehead atoms. The third-order valence-corrected chi connectivity index (χ3v) is 4.07. The van der Waals surface area contributed by atoms with Gasteiger partial charge in [-0.1, -0.05) is 0 Å². The normalized spacial score (nSPS) is 19.4. The SMILES string of the molecule is O=[N+]([O-])c1ccc(N2CCNCC2)c(N2CCCC2)c1. The minimum absolute atomic E-state index is 0.186. The van der Waals surface area contributed by atoms with Crippen LogP contribution in [0.15, 0.2) is 18.2 Å². The lowest BCUT2D eigenvalue weighted by molar-refractivity contribution is -0.384. The summed E-state index contributed by atoms with van der Waals surface area (Å²) in [6.07, 6.45) is 2.34. The Balaban J connectivity index is 1.96. The van der Waals surface area contributed by atoms with Crippen molar-refractivity contribution in [3.05, 3.63) is 28.3 Å². The first-order valence-corrected chi connectivity index (χ1v) is 7.25. The maximum Gasteiger partial charge on any atom is 0.271 e. The number of hydrogen-bond donors (Lipinski definition) is 1. The molecule has 0 amide bonds. The van der Waals surface area contributed by atoms with E-state index in [9.17, 15) is 10.1 Å². The van der Waals surface area contributed by atoms with Crippen molar-refractivity contribution >= 4 is 17.1 Å². The van der Waals surface area contributed by atoms with E-state index in [0.717, 1.165) is 50.6 Å². The zero-order chi connectivity index (χ0) is 13.9. The molecule has 0 atom stereocenters. The van der Waals surface area contributed by atoms with E-state index < -0.39 is 0 Å². The number of nitrogens with one attached hydrogen (secondary N) is 1. The number of hydrogen-bond acceptors (Lipinski definition) is 5. The number of nitro groups is 1. The van der Waals surface area contributed by atoms with Gasteiger partial charge in [-0.15, -0.1) is 0 Å². The summed E-state index contributed by atoms with van der Waals surface area (Å²) in [6.45, 7) is 5.85. The summed E-state index contributed by atoms with van der Waals surface area (Å²) in [5, 5.41) is 14.4. The standard InChI is InChI=1S/C14H20N4O2/c19-18(20)12-3-4-13(17-9-5-15-6-10-17)14(11-12)16-7-1-2-8-16/h3-4,11,15H,1-2,5-10H2. The maximum absolute atomic E-state index is 11.0. The third-order valence-electron chi connectivity index (χ3n) is 4.07. The Kier molecular flexibility index (Phi) is 3.73. The fourth-order valence-corrected chi connectivity index (χ4v) is 3.01. The van der Waals surface area contributed by atoms with Crippen LogP contribution >= 0.6 is 0 Å². The number of nitrogens with zero attached hydrogens (tertiary/aromatic N) is 3. The summed E-state index contributed by atoms with van der Waals surface area (Å²) in [5.74, 6) is 0. The van der Waals surface area contributed by atoms with Gasteiger partial charge in [0.2, 0.25) is 0 Å². The largest absolute Gasteiger partial charge is 0.370 e. The van der Waals surface area contributed by atoms with Crippen molar-refractivity contribution in [2.45, 2.75) is 12.8 Å². The molecule has 0 aliphatic carbocycles. The highest BCUT2D eigenvalue weighted by Crippen LogP contribution is 2.35. The molecule has 3 rings (SSSR count). The number of anilines is 2. The molecule has 1 N–H and O–H groups in total. The molecular weight excluding hydrogens is 256 g/mol. The van der Waals surface area contributed by atoms with E-state index in [2.05, 4.69) is 15.1 Å². The van der Waals surface area contributed by atoms with Crippen molar-refractivity contribution in [3.63, 3.8) is 0 Å². The van der Waals surface area contributed by atoms with Crippen molar-refractivity contribution < 1.29 is 4.92 Å². The van der Waals surface area contributed by atoms with Crippen LogP contribution in [0.1, 0.15) is 12.8 Å². The number of benzene rings is 1. The smallest absolute Gasteiger partial charge is 0.271 e. The van der Waals surface area contributed by atoms with Crippen molar-refractivity contribution in [3.8, 4) is 0 Å². The quantitative estimate of drug-likeness (QED) is 0.671. The molecular formula is C14H20N4O2. The van der Waals surface area contributed by atoms with Crippen LogP contribution in [0.4, 0.5) is 17.1 Å². The molecule has 108 valence electrons. The topological polar surface area (TPSA) is 61.7 Å². The van der Waals surface area contributed by atoms with Gasteiger partial charge in [-0.3, -0.25) is 10.1 Å². The Labute approximate surface area is 118 Å². The average molecular weight is 276 g/mol. The summed E-state index contributed by atoms with van der Waals surface area (Å²) < 4.78 is 0. The minimum atomic E-state index is -0.304. The number of piperazine rings is 1. The summed E-state index contributed by atoms with van der Waals surface area (Å²) >= 11 is 0. The van der Waals surface area contributed by atoms with Gasteiger partial charge < -0.3 is 15.1 Å². The highest BCUT2D eigenvalue weighted by atomic mass is 16.6. The summed E-state index contributed by atoms with van der Waals surface area (Å²) in [7, 11) is 0. The van der Waals surface area contributed by atoms with Crippen molar-refractivity contribution in [2.24, 2.45) is 0 Å². The average Bonchev–Trinajstić information content (AvgIpc) is 3.01. The summed E-state index contributed by atoms with van der Waals surface area (Å²) in [6, 6.07) is 5.27. The highest BCUT2D eigenvalue weighted by molar-refractivity contribution is 5.74. The van der Waals surface area contributed by atoms with E-state index in [1.807, 2.05) is 6.07 Å². The predicted molar refractivity (Wildman–Crippen MR) is 79.6 cm³/mol. The van der Waals surface area contributed by atoms with Crippen LogP contribution in [0.5, 0.6) is 0 Å². The van der Waals surface area contributed by atoms with Crippen LogP contribution in [0.25, 0.3) is 0 Å². The molecule has 0 spiro atoms. The van der Waals surface area contributed by atoms with Gasteiger partial charge in [0, 0.05) is 51.4 Å². The van der Waals surface area contributed by atoms with Gasteiger partial charge >= 0.3 is 0 Å². The van der Waals surface area contributed by atoms with Gasteiger partial charge in [0.25, 0.3) is 5.69 Å². The monoisotopic (exact) mass is 276 g/mol. The molecule has 2 fully saturated rings. The molecule has 6 nitrogen and oxygen atoms in total. The zero-order valence-corrected chi connectivity index (χ0v) is 11.5. The summed E-state index contributed by atoms with van der Waals surface area (Å²) in [4.78, 5) is 15.3. The first kappa shape index (κ1) is 13.2. The second-order valence-electron chi connectivity index (χ2n) is 5.36. The Morgan fingerprint density at radius 3 is 2.30 bits per heavy atom. The second kappa shape index (κ2) is 5.66. The number of rotatable bonds is 3. The van der Waals surface area contributed by atoms with E-state index in [-0.39, 0.29) is 10.6 Å². The maximum atomic E-state index is 11.0. The van der Waals surface area contributed by atoms with Gasteiger partial charge in [0.1, 0.15) is 0 Å². The van der Waals surface area contributed by atoms with E-state index >= 15 is 0 Å². The van der Waals surface area contributed by atoms with E-state index in [4.69, 9.17) is 0 Å². The van der Waals surface area contributed by atoms with Gasteiger partial charge in [-0.25, -0.2) is 0 Å². The van der Waals surface area contributed by atoms with Crippen LogP contribution in [0.2, 0.25) is 0 Å². The molecule has 6 heteroatoms. The Bertz CT molecular complexity index is 494. The molecule has 2 heterocycles. The first-order chi connectivity index (χ1) is 9.75. The molecule has 20 heavy (non-hydrogen) atoms. The van der Waals surface area contributed by atoms with Gasteiger partial charge in [-0.2, -0.15) is 0 Å². The molecule has 0 unspecified atom stereocenters. The molecule has 0 saturated carbocycles. The van der Waals surface area contributed by atoms with Gasteiger partial charge in [0.05, 0.1) is 16.3 Å². The first-order valence-electron chi connectivity index (χ1n) is 7.25. The molecule has 0 radical (unpaired) electrons. The van der Waals surface area contributed by atoms with Crippen LogP contribution in [0.3, 0.4) is 0 Å². The molecule has 2 saturated heterocycles. The third kappa shape index (κ3) is 2.56. The number of nitro benzene ring substituents is 1. The Hall–Kier alpha value is -1.82. The van der Waals surface area contributed by atoms with Crippen molar-refractivity contribution in [2.75, 3.05) is 49.1 Å². The van der Waals surface area contributed by atoms with E-state index in [1.54, 1.807) is 12.1 Å². The fourth-order valence-electron chi connectivity index (χ4n) is 3.01. The number of non-ortho nitro benzene ring substituents is 1. The Morgan fingerprint density at radius 2 is 1.65 bits per heavy atom. The minimum Gasteiger partial charge on any atom is -0.370 e. The van der Waals surface area contributed by atoms with Crippen molar-refractivity contribution in [1.82, 2.24) is 5.32 Å². The predicted octanol–water partition coefficient (Wildman–Crippen LogP) is 1.60. The molecule has 1 aromatic carbocycles. The summed E-state index contributed by atoms with van der Waals surface area (Å²) in [5.41, 5.74) is 2.35. The zero-order valence-electron chi connectivity index (χ0n) is 11.5. The van der Waals surface area contributed by atoms with E-state index in [1.165, 1.54) is 12.8 Å². The van der Waals surface area contributed by atoms with Crippen molar-refractivity contribution in [1.29, 1.82) is 0 Å². The van der Waals surface area contributed by atoms with Gasteiger partial charge in [-0.05, 0) is 18.9 Å². The van der Waals surface area contributed by atoms with Crippen LogP contribution < -0.4 is 15.1 Å². The van der Waals surface area contributed by atoms with Gasteiger partial charge in [0.15, 0.2) is 0 Å².